The predicted molar refractivity (Wildman–Crippen MR) is 132 cm³/mol. The SMILES string of the molecule is CC1(C)c2cc([B]OC(C)(C)C(C)(C)O)sc2-c2sc(B3OC(C)(C)C(C)(C)O3)cc21. The van der Waals surface area contributed by atoms with Crippen molar-refractivity contribution in [1.82, 2.24) is 0 Å². The third-order valence-corrected chi connectivity index (χ3v) is 9.87. The Morgan fingerprint density at radius 3 is 1.97 bits per heavy atom. The van der Waals surface area contributed by atoms with Crippen LogP contribution in [0.5, 0.6) is 0 Å². The van der Waals surface area contributed by atoms with Crippen LogP contribution in [0.3, 0.4) is 0 Å². The van der Waals surface area contributed by atoms with Crippen LogP contribution in [-0.4, -0.2) is 42.1 Å². The molecule has 2 aliphatic rings. The number of thiophene rings is 2. The number of hydrogen-bond acceptors (Lipinski definition) is 6. The largest absolute Gasteiger partial charge is 0.505 e. The van der Waals surface area contributed by atoms with E-state index in [4.69, 9.17) is 14.0 Å². The lowest BCUT2D eigenvalue weighted by atomic mass is 9.80. The summed E-state index contributed by atoms with van der Waals surface area (Å²) < 4.78 is 20.8. The van der Waals surface area contributed by atoms with Crippen LogP contribution in [0.25, 0.3) is 9.75 Å². The van der Waals surface area contributed by atoms with Crippen LogP contribution in [0.4, 0.5) is 0 Å². The zero-order valence-corrected chi connectivity index (χ0v) is 21.9. The summed E-state index contributed by atoms with van der Waals surface area (Å²) in [5.74, 6) is 0. The van der Waals surface area contributed by atoms with Crippen molar-refractivity contribution in [3.8, 4) is 9.75 Å². The maximum atomic E-state index is 10.4. The quantitative estimate of drug-likeness (QED) is 0.681. The summed E-state index contributed by atoms with van der Waals surface area (Å²) in [6, 6.07) is 4.49. The molecule has 1 fully saturated rings. The average Bonchev–Trinajstić information content (AvgIpc) is 3.29. The van der Waals surface area contributed by atoms with E-state index in [1.165, 1.54) is 20.9 Å². The van der Waals surface area contributed by atoms with E-state index in [9.17, 15) is 5.11 Å². The molecular formula is C23H33B2O4S2. The molecule has 1 radical (unpaired) electrons. The molecule has 1 saturated heterocycles. The van der Waals surface area contributed by atoms with Gasteiger partial charge in [-0.1, -0.05) is 19.9 Å². The fraction of sp³-hybridized carbons (Fsp3) is 0.652. The van der Waals surface area contributed by atoms with E-state index in [2.05, 4.69) is 53.7 Å². The molecule has 3 heterocycles. The van der Waals surface area contributed by atoms with Crippen molar-refractivity contribution in [3.63, 3.8) is 0 Å². The second-order valence-electron chi connectivity index (χ2n) is 11.3. The summed E-state index contributed by atoms with van der Waals surface area (Å²) in [5.41, 5.74) is 0.265. The molecule has 0 spiro atoms. The Kier molecular flexibility index (Phi) is 5.27. The number of hydrogen-bond donors (Lipinski definition) is 1. The Morgan fingerprint density at radius 1 is 0.903 bits per heavy atom. The van der Waals surface area contributed by atoms with E-state index in [-0.39, 0.29) is 23.7 Å². The molecule has 0 amide bonds. The van der Waals surface area contributed by atoms with Gasteiger partial charge in [0.1, 0.15) is 0 Å². The molecule has 4 nitrogen and oxygen atoms in total. The predicted octanol–water partition coefficient (Wildman–Crippen LogP) is 4.23. The van der Waals surface area contributed by atoms with E-state index < -0.39 is 11.2 Å². The van der Waals surface area contributed by atoms with Crippen molar-refractivity contribution in [2.45, 2.75) is 97.1 Å². The van der Waals surface area contributed by atoms with Crippen LogP contribution in [0.1, 0.15) is 80.4 Å². The highest BCUT2D eigenvalue weighted by molar-refractivity contribution is 7.30. The van der Waals surface area contributed by atoms with Gasteiger partial charge in [0, 0.05) is 24.7 Å². The van der Waals surface area contributed by atoms with Crippen molar-refractivity contribution >= 4 is 46.8 Å². The minimum Gasteiger partial charge on any atom is -0.426 e. The van der Waals surface area contributed by atoms with Crippen LogP contribution >= 0.6 is 22.7 Å². The number of fused-ring (bicyclic) bond motifs is 3. The molecule has 8 heteroatoms. The van der Waals surface area contributed by atoms with Gasteiger partial charge in [-0.25, -0.2) is 0 Å². The Hall–Kier alpha value is -0.630. The molecule has 1 N–H and O–H groups in total. The van der Waals surface area contributed by atoms with Crippen molar-refractivity contribution in [1.29, 1.82) is 0 Å². The van der Waals surface area contributed by atoms with Crippen LogP contribution in [0.15, 0.2) is 12.1 Å². The Balaban J connectivity index is 1.62. The zero-order chi connectivity index (χ0) is 23.2. The van der Waals surface area contributed by atoms with Crippen molar-refractivity contribution < 1.29 is 19.1 Å². The molecule has 1 aliphatic heterocycles. The first-order valence-corrected chi connectivity index (χ1v) is 12.5. The molecule has 1 aliphatic carbocycles. The molecule has 31 heavy (non-hydrogen) atoms. The standard InChI is InChI=1S/C23H33B2O4S2/c1-19(2)13-11-15(24-27-21(5,6)20(3,4)26)30-17(13)18-14(19)12-16(31-18)25-28-22(7,8)23(9,10)29-25/h11-12,26H,1-10H3. The van der Waals surface area contributed by atoms with Crippen molar-refractivity contribution in [2.24, 2.45) is 0 Å². The van der Waals surface area contributed by atoms with Crippen LogP contribution in [0.2, 0.25) is 0 Å². The maximum Gasteiger partial charge on any atom is 0.505 e. The third kappa shape index (κ3) is 3.68. The first kappa shape index (κ1) is 23.5. The fourth-order valence-electron chi connectivity index (χ4n) is 3.71. The monoisotopic (exact) mass is 459 g/mol. The summed E-state index contributed by atoms with van der Waals surface area (Å²) in [6.07, 6.45) is 0. The molecule has 0 aromatic carbocycles. The van der Waals surface area contributed by atoms with Gasteiger partial charge in [0.25, 0.3) is 0 Å². The lowest BCUT2D eigenvalue weighted by Gasteiger charge is -2.37. The molecular weight excluding hydrogens is 426 g/mol. The van der Waals surface area contributed by atoms with Gasteiger partial charge in [-0.15, -0.1) is 22.7 Å². The summed E-state index contributed by atoms with van der Waals surface area (Å²) in [5, 5.41) is 10.4. The second kappa shape index (κ2) is 6.94. The Bertz CT molecular complexity index is 995. The van der Waals surface area contributed by atoms with E-state index in [1.54, 1.807) is 44.0 Å². The molecule has 2 aromatic rings. The molecule has 0 bridgehead atoms. The topological polar surface area (TPSA) is 47.9 Å². The Labute approximate surface area is 195 Å². The van der Waals surface area contributed by atoms with E-state index in [0.717, 1.165) is 9.55 Å². The second-order valence-corrected chi connectivity index (χ2v) is 13.5. The van der Waals surface area contributed by atoms with Crippen molar-refractivity contribution in [3.05, 3.63) is 23.3 Å². The van der Waals surface area contributed by atoms with Gasteiger partial charge < -0.3 is 19.1 Å². The molecule has 0 saturated carbocycles. The minimum atomic E-state index is -0.943. The molecule has 4 rings (SSSR count). The molecule has 0 atom stereocenters. The Morgan fingerprint density at radius 2 is 1.42 bits per heavy atom. The first-order valence-electron chi connectivity index (χ1n) is 10.8. The van der Waals surface area contributed by atoms with Gasteiger partial charge in [0.05, 0.1) is 22.4 Å². The average molecular weight is 459 g/mol. The maximum absolute atomic E-state index is 10.4. The van der Waals surface area contributed by atoms with Gasteiger partial charge in [-0.2, -0.15) is 0 Å². The van der Waals surface area contributed by atoms with Gasteiger partial charge in [0.15, 0.2) is 0 Å². The highest BCUT2D eigenvalue weighted by Gasteiger charge is 2.53. The normalized spacial score (nSPS) is 21.3. The van der Waals surface area contributed by atoms with Crippen molar-refractivity contribution in [2.75, 3.05) is 0 Å². The zero-order valence-electron chi connectivity index (χ0n) is 20.3. The van der Waals surface area contributed by atoms with Gasteiger partial charge in [-0.3, -0.25) is 0 Å². The lowest BCUT2D eigenvalue weighted by molar-refractivity contribution is -0.0892. The van der Waals surface area contributed by atoms with E-state index in [0.29, 0.717) is 0 Å². The van der Waals surface area contributed by atoms with E-state index in [1.807, 2.05) is 13.8 Å². The van der Waals surface area contributed by atoms with Crippen LogP contribution < -0.4 is 9.55 Å². The first-order chi connectivity index (χ1) is 14.0. The summed E-state index contributed by atoms with van der Waals surface area (Å²) in [7, 11) is 1.46. The third-order valence-electron chi connectivity index (χ3n) is 7.48. The highest BCUT2D eigenvalue weighted by atomic mass is 32.1. The smallest absolute Gasteiger partial charge is 0.426 e. The summed E-state index contributed by atoms with van der Waals surface area (Å²) in [6.45, 7) is 20.3. The minimum absolute atomic E-state index is 0.0859. The van der Waals surface area contributed by atoms with Crippen LogP contribution in [0, 0.1) is 0 Å². The van der Waals surface area contributed by atoms with Crippen LogP contribution in [-0.2, 0) is 19.4 Å². The summed E-state index contributed by atoms with van der Waals surface area (Å²) >= 11 is 3.51. The highest BCUT2D eigenvalue weighted by Crippen LogP contribution is 2.53. The molecule has 167 valence electrons. The number of aliphatic hydroxyl groups is 1. The lowest BCUT2D eigenvalue weighted by Crippen LogP contribution is -2.49. The fourth-order valence-corrected chi connectivity index (χ4v) is 6.33. The van der Waals surface area contributed by atoms with Gasteiger partial charge >= 0.3 is 14.6 Å². The molecule has 0 unspecified atom stereocenters. The van der Waals surface area contributed by atoms with Gasteiger partial charge in [-0.05, 0) is 72.6 Å². The van der Waals surface area contributed by atoms with E-state index >= 15 is 0 Å². The van der Waals surface area contributed by atoms with Gasteiger partial charge in [0.2, 0.25) is 0 Å². The summed E-state index contributed by atoms with van der Waals surface area (Å²) in [4.78, 5) is 2.60. The number of rotatable bonds is 5. The molecule has 2 aromatic heterocycles.